The van der Waals surface area contributed by atoms with Crippen molar-refractivity contribution in [2.24, 2.45) is 22.7 Å². The Bertz CT molecular complexity index is 588. The van der Waals surface area contributed by atoms with Crippen LogP contribution in [0.25, 0.3) is 0 Å². The standard InChI is InChI=1S/C22H40N6/c1-5-24-22(25-8-6-10-26-14-18(2)13-19(3)15-26)27-11-7-20(4)21(16-27)28-12-9-23-17-28/h9,12,17-21H,5-8,10-11,13-16H2,1-4H3,(H,24,25). The highest BCUT2D eigenvalue weighted by Gasteiger charge is 2.29. The van der Waals surface area contributed by atoms with Crippen LogP contribution in [0.5, 0.6) is 0 Å². The van der Waals surface area contributed by atoms with Gasteiger partial charge in [-0.2, -0.15) is 0 Å². The maximum absolute atomic E-state index is 4.98. The fourth-order valence-electron chi connectivity index (χ4n) is 4.97. The second-order valence-corrected chi connectivity index (χ2v) is 9.08. The zero-order valence-corrected chi connectivity index (χ0v) is 18.3. The molecule has 0 bridgehead atoms. The lowest BCUT2D eigenvalue weighted by Gasteiger charge is -2.39. The van der Waals surface area contributed by atoms with Crippen LogP contribution in [0, 0.1) is 17.8 Å². The minimum Gasteiger partial charge on any atom is -0.357 e. The number of imidazole rings is 1. The number of hydrogen-bond donors (Lipinski definition) is 1. The van der Waals surface area contributed by atoms with Gasteiger partial charge in [0.25, 0.3) is 0 Å². The molecule has 1 aromatic heterocycles. The van der Waals surface area contributed by atoms with E-state index in [-0.39, 0.29) is 0 Å². The zero-order chi connectivity index (χ0) is 19.9. The van der Waals surface area contributed by atoms with Crippen LogP contribution in [0.4, 0.5) is 0 Å². The van der Waals surface area contributed by atoms with Crippen molar-refractivity contribution in [3.8, 4) is 0 Å². The summed E-state index contributed by atoms with van der Waals surface area (Å²) in [4.78, 5) is 14.3. The number of rotatable bonds is 6. The molecule has 0 amide bonds. The predicted molar refractivity (Wildman–Crippen MR) is 117 cm³/mol. The average Bonchev–Trinajstić information content (AvgIpc) is 3.18. The molecule has 2 fully saturated rings. The van der Waals surface area contributed by atoms with Crippen LogP contribution in [-0.2, 0) is 0 Å². The minimum absolute atomic E-state index is 0.469. The van der Waals surface area contributed by atoms with Gasteiger partial charge in [0, 0.05) is 51.7 Å². The van der Waals surface area contributed by atoms with Gasteiger partial charge in [0.1, 0.15) is 0 Å². The van der Waals surface area contributed by atoms with Crippen molar-refractivity contribution in [2.45, 2.75) is 53.0 Å². The van der Waals surface area contributed by atoms with Crippen molar-refractivity contribution < 1.29 is 0 Å². The van der Waals surface area contributed by atoms with Crippen molar-refractivity contribution in [1.82, 2.24) is 24.7 Å². The van der Waals surface area contributed by atoms with E-state index in [0.717, 1.165) is 50.4 Å². The SMILES string of the molecule is CCNC(=NCCCN1CC(C)CC(C)C1)N1CCC(C)C(n2ccnc2)C1. The molecule has 0 radical (unpaired) electrons. The summed E-state index contributed by atoms with van der Waals surface area (Å²) in [6, 6.07) is 0.469. The van der Waals surface area contributed by atoms with Crippen molar-refractivity contribution in [1.29, 1.82) is 0 Å². The Balaban J connectivity index is 1.53. The van der Waals surface area contributed by atoms with E-state index in [2.05, 4.69) is 58.6 Å². The minimum atomic E-state index is 0.469. The molecular formula is C22H40N6. The molecule has 0 saturated carbocycles. The summed E-state index contributed by atoms with van der Waals surface area (Å²) < 4.78 is 2.26. The van der Waals surface area contributed by atoms with Crippen LogP contribution in [0.1, 0.15) is 53.0 Å². The van der Waals surface area contributed by atoms with E-state index in [0.29, 0.717) is 12.0 Å². The van der Waals surface area contributed by atoms with E-state index in [4.69, 9.17) is 4.99 Å². The number of nitrogens with one attached hydrogen (secondary N) is 1. The van der Waals surface area contributed by atoms with Crippen molar-refractivity contribution in [3.63, 3.8) is 0 Å². The third-order valence-electron chi connectivity index (χ3n) is 6.30. The Morgan fingerprint density at radius 2 is 1.96 bits per heavy atom. The smallest absolute Gasteiger partial charge is 0.193 e. The van der Waals surface area contributed by atoms with E-state index in [1.54, 1.807) is 0 Å². The lowest BCUT2D eigenvalue weighted by molar-refractivity contribution is 0.140. The molecule has 0 spiro atoms. The molecule has 4 unspecified atom stereocenters. The van der Waals surface area contributed by atoms with E-state index >= 15 is 0 Å². The third kappa shape index (κ3) is 5.72. The van der Waals surface area contributed by atoms with Gasteiger partial charge in [-0.05, 0) is 50.5 Å². The van der Waals surface area contributed by atoms with E-state index in [1.165, 1.54) is 32.5 Å². The summed E-state index contributed by atoms with van der Waals surface area (Å²) in [6.07, 6.45) is 9.64. The van der Waals surface area contributed by atoms with E-state index in [1.807, 2.05) is 12.5 Å². The van der Waals surface area contributed by atoms with Gasteiger partial charge in [-0.25, -0.2) is 4.98 Å². The highest BCUT2D eigenvalue weighted by atomic mass is 15.3. The Hall–Kier alpha value is -1.56. The molecule has 2 aliphatic heterocycles. The van der Waals surface area contributed by atoms with Crippen molar-refractivity contribution in [3.05, 3.63) is 18.7 Å². The van der Waals surface area contributed by atoms with Crippen LogP contribution in [-0.4, -0.2) is 71.1 Å². The Morgan fingerprint density at radius 1 is 1.18 bits per heavy atom. The molecule has 4 atom stereocenters. The molecule has 158 valence electrons. The summed E-state index contributed by atoms with van der Waals surface area (Å²) in [5.74, 6) is 3.41. The van der Waals surface area contributed by atoms with Crippen LogP contribution < -0.4 is 5.32 Å². The number of nitrogens with zero attached hydrogens (tertiary/aromatic N) is 5. The molecule has 1 N–H and O–H groups in total. The lowest BCUT2D eigenvalue weighted by atomic mass is 9.92. The summed E-state index contributed by atoms with van der Waals surface area (Å²) in [5, 5.41) is 3.52. The largest absolute Gasteiger partial charge is 0.357 e. The van der Waals surface area contributed by atoms with E-state index < -0.39 is 0 Å². The number of hydrogen-bond acceptors (Lipinski definition) is 3. The fourth-order valence-corrected chi connectivity index (χ4v) is 4.97. The molecule has 1 aromatic rings. The van der Waals surface area contributed by atoms with Gasteiger partial charge in [0.15, 0.2) is 5.96 Å². The van der Waals surface area contributed by atoms with Crippen LogP contribution in [0.2, 0.25) is 0 Å². The fraction of sp³-hybridized carbons (Fsp3) is 0.818. The first-order chi connectivity index (χ1) is 13.6. The Kier molecular flexibility index (Phi) is 7.77. The Morgan fingerprint density at radius 3 is 2.64 bits per heavy atom. The monoisotopic (exact) mass is 388 g/mol. The summed E-state index contributed by atoms with van der Waals surface area (Å²) in [5.41, 5.74) is 0. The maximum atomic E-state index is 4.98. The van der Waals surface area contributed by atoms with Gasteiger partial charge in [0.05, 0.1) is 12.4 Å². The first-order valence-corrected chi connectivity index (χ1v) is 11.3. The van der Waals surface area contributed by atoms with Crippen molar-refractivity contribution in [2.75, 3.05) is 45.8 Å². The molecule has 0 aromatic carbocycles. The van der Waals surface area contributed by atoms with Gasteiger partial charge in [-0.1, -0.05) is 20.8 Å². The number of piperidine rings is 2. The first-order valence-electron chi connectivity index (χ1n) is 11.3. The molecule has 3 rings (SSSR count). The number of guanidine groups is 1. The summed E-state index contributed by atoms with van der Waals surface area (Å²) >= 11 is 0. The van der Waals surface area contributed by atoms with E-state index in [9.17, 15) is 0 Å². The maximum Gasteiger partial charge on any atom is 0.193 e. The topological polar surface area (TPSA) is 48.7 Å². The van der Waals surface area contributed by atoms with Gasteiger partial charge < -0.3 is 19.7 Å². The summed E-state index contributed by atoms with van der Waals surface area (Å²) in [7, 11) is 0. The normalized spacial score (nSPS) is 29.9. The first kappa shape index (κ1) is 21.2. The number of aromatic nitrogens is 2. The zero-order valence-electron chi connectivity index (χ0n) is 18.3. The molecule has 28 heavy (non-hydrogen) atoms. The van der Waals surface area contributed by atoms with Crippen LogP contribution in [0.3, 0.4) is 0 Å². The van der Waals surface area contributed by atoms with Gasteiger partial charge in [0.2, 0.25) is 0 Å². The highest BCUT2D eigenvalue weighted by molar-refractivity contribution is 5.80. The van der Waals surface area contributed by atoms with Crippen molar-refractivity contribution >= 4 is 5.96 Å². The van der Waals surface area contributed by atoms with Gasteiger partial charge in [-0.15, -0.1) is 0 Å². The number of likely N-dealkylation sites (tertiary alicyclic amines) is 2. The second kappa shape index (κ2) is 10.3. The molecule has 6 nitrogen and oxygen atoms in total. The molecule has 0 aliphatic carbocycles. The van der Waals surface area contributed by atoms with Gasteiger partial charge >= 0.3 is 0 Å². The average molecular weight is 389 g/mol. The molecule has 2 aliphatic rings. The summed E-state index contributed by atoms with van der Waals surface area (Å²) in [6.45, 7) is 16.9. The van der Waals surface area contributed by atoms with Crippen LogP contribution in [0.15, 0.2) is 23.7 Å². The Labute approximate surface area is 171 Å². The predicted octanol–water partition coefficient (Wildman–Crippen LogP) is 3.10. The molecule has 2 saturated heterocycles. The quantitative estimate of drug-likeness (QED) is 0.462. The number of aliphatic imine (C=N–C) groups is 1. The van der Waals surface area contributed by atoms with Gasteiger partial charge in [-0.3, -0.25) is 4.99 Å². The molecule has 6 heteroatoms. The second-order valence-electron chi connectivity index (χ2n) is 9.08. The highest BCUT2D eigenvalue weighted by Crippen LogP contribution is 2.27. The molecule has 3 heterocycles. The molecular weight excluding hydrogens is 348 g/mol. The third-order valence-corrected chi connectivity index (χ3v) is 6.30. The lowest BCUT2D eigenvalue weighted by Crippen LogP contribution is -2.49. The van der Waals surface area contributed by atoms with Crippen LogP contribution >= 0.6 is 0 Å².